The second-order valence-electron chi connectivity index (χ2n) is 4.97. The fraction of sp³-hybridized carbons (Fsp3) is 0.353. The topological polar surface area (TPSA) is 64.1 Å². The first kappa shape index (κ1) is 18.5. The third-order valence-corrected chi connectivity index (χ3v) is 5.20. The number of carbonyl (C=O) groups is 1. The molecule has 5 nitrogen and oxygen atoms in total. The third kappa shape index (κ3) is 5.35. The zero-order valence-electron chi connectivity index (χ0n) is 13.8. The van der Waals surface area contributed by atoms with Crippen LogP contribution in [0.4, 0.5) is 5.13 Å². The summed E-state index contributed by atoms with van der Waals surface area (Å²) in [6.45, 7) is 7.68. The van der Waals surface area contributed by atoms with Gasteiger partial charge in [0.25, 0.3) is 5.91 Å². The van der Waals surface area contributed by atoms with Gasteiger partial charge in [0, 0.05) is 5.75 Å². The molecule has 2 aromatic rings. The normalized spacial score (nSPS) is 11.8. The molecule has 1 atom stereocenters. The quantitative estimate of drug-likeness (QED) is 0.411. The summed E-state index contributed by atoms with van der Waals surface area (Å²) >= 11 is 2.88. The average molecular weight is 364 g/mol. The molecule has 2 rings (SSSR count). The molecule has 0 spiro atoms. The van der Waals surface area contributed by atoms with Crippen LogP contribution in [0.2, 0.25) is 0 Å². The van der Waals surface area contributed by atoms with E-state index in [2.05, 4.69) is 29.0 Å². The van der Waals surface area contributed by atoms with Gasteiger partial charge in [0.15, 0.2) is 10.4 Å². The molecule has 1 aromatic heterocycles. The van der Waals surface area contributed by atoms with Crippen molar-refractivity contribution in [3.05, 3.63) is 42.5 Å². The highest BCUT2D eigenvalue weighted by atomic mass is 32.2. The lowest BCUT2D eigenvalue weighted by molar-refractivity contribution is -0.122. The van der Waals surface area contributed by atoms with Crippen LogP contribution in [0, 0.1) is 0 Å². The molecule has 0 saturated heterocycles. The molecule has 128 valence electrons. The number of ether oxygens (including phenoxy) is 1. The summed E-state index contributed by atoms with van der Waals surface area (Å²) in [6.07, 6.45) is 2.78. The molecule has 0 radical (unpaired) electrons. The summed E-state index contributed by atoms with van der Waals surface area (Å²) in [5.74, 6) is 1.24. The Kier molecular flexibility index (Phi) is 7.27. The molecule has 1 heterocycles. The molecular formula is C17H21N3O2S2. The van der Waals surface area contributed by atoms with Gasteiger partial charge in [-0.2, -0.15) is 0 Å². The van der Waals surface area contributed by atoms with Crippen molar-refractivity contribution in [2.75, 3.05) is 11.1 Å². The third-order valence-electron chi connectivity index (χ3n) is 3.23. The Hall–Kier alpha value is -1.86. The van der Waals surface area contributed by atoms with Crippen LogP contribution in [-0.4, -0.2) is 28.0 Å². The monoisotopic (exact) mass is 363 g/mol. The zero-order valence-corrected chi connectivity index (χ0v) is 15.5. The average Bonchev–Trinajstić information content (AvgIpc) is 3.05. The summed E-state index contributed by atoms with van der Waals surface area (Å²) in [4.78, 5) is 12.4. The maximum Gasteiger partial charge on any atom is 0.267 e. The number of thioether (sulfide) groups is 1. The molecule has 0 saturated carbocycles. The number of benzene rings is 1. The number of hydrogen-bond acceptors (Lipinski definition) is 6. The number of amides is 1. The fourth-order valence-electron chi connectivity index (χ4n) is 1.92. The highest BCUT2D eigenvalue weighted by Crippen LogP contribution is 2.25. The van der Waals surface area contributed by atoms with Gasteiger partial charge in [-0.25, -0.2) is 0 Å². The lowest BCUT2D eigenvalue weighted by Crippen LogP contribution is -2.32. The molecule has 1 N–H and O–H groups in total. The Morgan fingerprint density at radius 2 is 2.12 bits per heavy atom. The van der Waals surface area contributed by atoms with Crippen LogP contribution in [0.5, 0.6) is 5.75 Å². The van der Waals surface area contributed by atoms with E-state index in [1.807, 2.05) is 31.2 Å². The Balaban J connectivity index is 1.94. The summed E-state index contributed by atoms with van der Waals surface area (Å²) in [7, 11) is 0. The van der Waals surface area contributed by atoms with Crippen LogP contribution in [-0.2, 0) is 11.2 Å². The Bertz CT molecular complexity index is 671. The van der Waals surface area contributed by atoms with E-state index < -0.39 is 6.10 Å². The lowest BCUT2D eigenvalue weighted by Gasteiger charge is -2.16. The van der Waals surface area contributed by atoms with E-state index in [9.17, 15) is 4.79 Å². The van der Waals surface area contributed by atoms with Gasteiger partial charge in [-0.1, -0.05) is 55.2 Å². The summed E-state index contributed by atoms with van der Waals surface area (Å²) in [5, 5.41) is 11.3. The molecule has 0 aliphatic rings. The maximum atomic E-state index is 12.4. The molecule has 0 fully saturated rings. The number of carbonyl (C=O) groups excluding carboxylic acids is 1. The summed E-state index contributed by atoms with van der Waals surface area (Å²) < 4.78 is 6.60. The molecule has 24 heavy (non-hydrogen) atoms. The van der Waals surface area contributed by atoms with Crippen LogP contribution in [0.25, 0.3) is 0 Å². The number of nitrogens with zero attached hydrogens (tertiary/aromatic N) is 2. The SMILES string of the molecule is C=CCSc1nnc(NC(=O)[C@@H](CC)Oc2ccc(CC)cc2)s1. The Morgan fingerprint density at radius 1 is 1.38 bits per heavy atom. The van der Waals surface area contributed by atoms with Crippen molar-refractivity contribution in [1.82, 2.24) is 10.2 Å². The Morgan fingerprint density at radius 3 is 2.75 bits per heavy atom. The van der Waals surface area contributed by atoms with Crippen molar-refractivity contribution >= 4 is 34.1 Å². The maximum absolute atomic E-state index is 12.4. The van der Waals surface area contributed by atoms with Crippen molar-refractivity contribution in [3.63, 3.8) is 0 Å². The zero-order chi connectivity index (χ0) is 17.4. The minimum atomic E-state index is -0.564. The molecule has 7 heteroatoms. The molecule has 0 bridgehead atoms. The first-order valence-electron chi connectivity index (χ1n) is 7.79. The van der Waals surface area contributed by atoms with Gasteiger partial charge in [0.1, 0.15) is 5.75 Å². The fourth-order valence-corrected chi connectivity index (χ4v) is 3.44. The van der Waals surface area contributed by atoms with E-state index in [0.717, 1.165) is 16.5 Å². The molecule has 0 aliphatic carbocycles. The van der Waals surface area contributed by atoms with Crippen molar-refractivity contribution < 1.29 is 9.53 Å². The van der Waals surface area contributed by atoms with Gasteiger partial charge in [-0.05, 0) is 30.5 Å². The van der Waals surface area contributed by atoms with Gasteiger partial charge in [-0.3, -0.25) is 10.1 Å². The van der Waals surface area contributed by atoms with E-state index in [1.54, 1.807) is 6.08 Å². The lowest BCUT2D eigenvalue weighted by atomic mass is 10.2. The van der Waals surface area contributed by atoms with E-state index in [-0.39, 0.29) is 5.91 Å². The summed E-state index contributed by atoms with van der Waals surface area (Å²) in [5.41, 5.74) is 1.23. The van der Waals surface area contributed by atoms with Crippen molar-refractivity contribution in [2.24, 2.45) is 0 Å². The number of aryl methyl sites for hydroxylation is 1. The molecule has 0 unspecified atom stereocenters. The van der Waals surface area contributed by atoms with Crippen molar-refractivity contribution in [1.29, 1.82) is 0 Å². The van der Waals surface area contributed by atoms with Gasteiger partial charge in [-0.15, -0.1) is 16.8 Å². The van der Waals surface area contributed by atoms with Crippen molar-refractivity contribution in [3.8, 4) is 5.75 Å². The van der Waals surface area contributed by atoms with Crippen LogP contribution in [0.1, 0.15) is 25.8 Å². The highest BCUT2D eigenvalue weighted by Gasteiger charge is 2.20. The van der Waals surface area contributed by atoms with Gasteiger partial charge < -0.3 is 4.74 Å². The van der Waals surface area contributed by atoms with Gasteiger partial charge in [0.2, 0.25) is 5.13 Å². The van der Waals surface area contributed by atoms with E-state index in [1.165, 1.54) is 28.7 Å². The van der Waals surface area contributed by atoms with Crippen LogP contribution >= 0.6 is 23.1 Å². The number of anilines is 1. The first-order chi connectivity index (χ1) is 11.7. The number of rotatable bonds is 9. The highest BCUT2D eigenvalue weighted by molar-refractivity contribution is 8.01. The predicted octanol–water partition coefficient (Wildman–Crippen LogP) is 4.17. The number of aromatic nitrogens is 2. The molecule has 0 aliphatic heterocycles. The van der Waals surface area contributed by atoms with E-state index >= 15 is 0 Å². The first-order valence-corrected chi connectivity index (χ1v) is 9.60. The molecule has 1 aromatic carbocycles. The standard InChI is InChI=1S/C17H21N3O2S2/c1-4-11-23-17-20-19-16(24-17)18-15(21)14(6-3)22-13-9-7-12(5-2)8-10-13/h4,7-10,14H,1,5-6,11H2,2-3H3,(H,18,19,21)/t14-/m1/s1. The minimum Gasteiger partial charge on any atom is -0.481 e. The van der Waals surface area contributed by atoms with E-state index in [4.69, 9.17) is 4.74 Å². The van der Waals surface area contributed by atoms with Crippen LogP contribution in [0.3, 0.4) is 0 Å². The van der Waals surface area contributed by atoms with Crippen LogP contribution in [0.15, 0.2) is 41.3 Å². The van der Waals surface area contributed by atoms with Crippen LogP contribution < -0.4 is 10.1 Å². The Labute approximate surface area is 150 Å². The van der Waals surface area contributed by atoms with Crippen molar-refractivity contribution in [2.45, 2.75) is 37.1 Å². The van der Waals surface area contributed by atoms with Gasteiger partial charge >= 0.3 is 0 Å². The largest absolute Gasteiger partial charge is 0.481 e. The smallest absolute Gasteiger partial charge is 0.267 e. The predicted molar refractivity (Wildman–Crippen MR) is 100.0 cm³/mol. The second kappa shape index (κ2) is 9.44. The number of hydrogen-bond donors (Lipinski definition) is 1. The second-order valence-corrected chi connectivity index (χ2v) is 7.22. The summed E-state index contributed by atoms with van der Waals surface area (Å²) in [6, 6.07) is 7.80. The minimum absolute atomic E-state index is 0.214. The van der Waals surface area contributed by atoms with Gasteiger partial charge in [0.05, 0.1) is 0 Å². The molecular weight excluding hydrogens is 342 g/mol. The van der Waals surface area contributed by atoms with E-state index in [0.29, 0.717) is 17.3 Å². The number of nitrogens with one attached hydrogen (secondary N) is 1. The molecule has 1 amide bonds.